The zero-order valence-corrected chi connectivity index (χ0v) is 16.7. The smallest absolute Gasteiger partial charge is 0.202 e. The lowest BCUT2D eigenvalue weighted by Crippen LogP contribution is -2.38. The number of aromatic nitrogens is 2. The number of benzene rings is 1. The van der Waals surface area contributed by atoms with Gasteiger partial charge in [0, 0.05) is 38.4 Å². The number of rotatable bonds is 7. The van der Waals surface area contributed by atoms with Crippen molar-refractivity contribution in [1.29, 1.82) is 0 Å². The molecule has 0 unspecified atom stereocenters. The lowest BCUT2D eigenvalue weighted by molar-refractivity contribution is 0.0713. The minimum atomic E-state index is -0.624. The zero-order valence-electron chi connectivity index (χ0n) is 16.7. The van der Waals surface area contributed by atoms with Crippen LogP contribution >= 0.6 is 0 Å². The monoisotopic (exact) mass is 369 g/mol. The largest absolute Gasteiger partial charge is 0.390 e. The van der Waals surface area contributed by atoms with Crippen LogP contribution < -0.4 is 0 Å². The highest BCUT2D eigenvalue weighted by molar-refractivity contribution is 5.94. The standard InChI is InChI=1S/C22H31N3O2/c1-22(2,27)11-10-17-6-8-18(9-7-17)15-25-13-4-5-19(16-25)20(26)21-23-12-14-24(21)3/h6-9,12,14,19,27H,4-5,10-11,13,15-16H2,1-3H3/t19-/m0/s1. The van der Waals surface area contributed by atoms with Crippen molar-refractivity contribution < 1.29 is 9.90 Å². The summed E-state index contributed by atoms with van der Waals surface area (Å²) in [5, 5.41) is 9.87. The maximum atomic E-state index is 12.7. The number of aryl methyl sites for hydroxylation is 2. The van der Waals surface area contributed by atoms with Crippen molar-refractivity contribution in [3.63, 3.8) is 0 Å². The van der Waals surface area contributed by atoms with E-state index in [-0.39, 0.29) is 11.7 Å². The lowest BCUT2D eigenvalue weighted by atomic mass is 9.93. The van der Waals surface area contributed by atoms with E-state index in [1.807, 2.05) is 31.7 Å². The van der Waals surface area contributed by atoms with Crippen molar-refractivity contribution in [3.05, 3.63) is 53.6 Å². The molecule has 0 saturated carbocycles. The normalized spacial score (nSPS) is 18.6. The summed E-state index contributed by atoms with van der Waals surface area (Å²) in [4.78, 5) is 19.3. The van der Waals surface area contributed by atoms with Gasteiger partial charge in [0.15, 0.2) is 5.82 Å². The van der Waals surface area contributed by atoms with Gasteiger partial charge < -0.3 is 9.67 Å². The highest BCUT2D eigenvalue weighted by Gasteiger charge is 2.28. The number of imidazole rings is 1. The number of hydrogen-bond acceptors (Lipinski definition) is 4. The van der Waals surface area contributed by atoms with E-state index in [1.54, 1.807) is 6.20 Å². The number of ketones is 1. The Morgan fingerprint density at radius 1 is 1.26 bits per heavy atom. The lowest BCUT2D eigenvalue weighted by Gasteiger charge is -2.31. The van der Waals surface area contributed by atoms with Gasteiger partial charge >= 0.3 is 0 Å². The predicted octanol–water partition coefficient (Wildman–Crippen LogP) is 3.22. The van der Waals surface area contributed by atoms with E-state index in [1.165, 1.54) is 11.1 Å². The second kappa shape index (κ2) is 8.36. The van der Waals surface area contributed by atoms with E-state index in [0.29, 0.717) is 5.82 Å². The van der Waals surface area contributed by atoms with Crippen molar-refractivity contribution in [2.45, 2.75) is 51.7 Å². The summed E-state index contributed by atoms with van der Waals surface area (Å²) in [5.74, 6) is 0.762. The Morgan fingerprint density at radius 3 is 2.59 bits per heavy atom. The Labute approximate surface area is 162 Å². The molecule has 1 aromatic carbocycles. The molecule has 1 aliphatic rings. The summed E-state index contributed by atoms with van der Waals surface area (Å²) in [6.45, 7) is 6.40. The highest BCUT2D eigenvalue weighted by Crippen LogP contribution is 2.22. The third kappa shape index (κ3) is 5.50. The quantitative estimate of drug-likeness (QED) is 0.762. The summed E-state index contributed by atoms with van der Waals surface area (Å²) in [6, 6.07) is 8.65. The Bertz CT molecular complexity index is 759. The molecule has 0 aliphatic carbocycles. The van der Waals surface area contributed by atoms with Gasteiger partial charge in [-0.25, -0.2) is 4.98 Å². The van der Waals surface area contributed by atoms with Gasteiger partial charge in [-0.15, -0.1) is 0 Å². The van der Waals surface area contributed by atoms with Gasteiger partial charge in [-0.05, 0) is 57.2 Å². The molecular formula is C22H31N3O2. The second-order valence-corrected chi connectivity index (χ2v) is 8.43. The first kappa shape index (κ1) is 19.8. The first-order valence-electron chi connectivity index (χ1n) is 9.86. The second-order valence-electron chi connectivity index (χ2n) is 8.43. The zero-order chi connectivity index (χ0) is 19.4. The van der Waals surface area contributed by atoms with Crippen LogP contribution in [-0.4, -0.2) is 44.0 Å². The third-order valence-electron chi connectivity index (χ3n) is 5.37. The highest BCUT2D eigenvalue weighted by atomic mass is 16.3. The molecule has 146 valence electrons. The summed E-state index contributed by atoms with van der Waals surface area (Å²) < 4.78 is 1.81. The fraction of sp³-hybridized carbons (Fsp3) is 0.545. The Balaban J connectivity index is 1.56. The van der Waals surface area contributed by atoms with E-state index >= 15 is 0 Å². The van der Waals surface area contributed by atoms with Gasteiger partial charge in [-0.3, -0.25) is 9.69 Å². The minimum absolute atomic E-state index is 0.0332. The molecule has 5 nitrogen and oxygen atoms in total. The van der Waals surface area contributed by atoms with Gasteiger partial charge in [0.05, 0.1) is 5.60 Å². The number of nitrogens with zero attached hydrogens (tertiary/aromatic N) is 3. The number of Topliss-reactive ketones (excluding diaryl/α,β-unsaturated/α-hetero) is 1. The van der Waals surface area contributed by atoms with E-state index in [4.69, 9.17) is 0 Å². The molecule has 3 rings (SSSR count). The van der Waals surface area contributed by atoms with Crippen molar-refractivity contribution in [1.82, 2.24) is 14.5 Å². The maximum Gasteiger partial charge on any atom is 0.202 e. The number of piperidine rings is 1. The topological polar surface area (TPSA) is 58.4 Å². The van der Waals surface area contributed by atoms with Gasteiger partial charge in [-0.1, -0.05) is 24.3 Å². The predicted molar refractivity (Wildman–Crippen MR) is 107 cm³/mol. The molecule has 0 amide bonds. The molecule has 2 aromatic rings. The van der Waals surface area contributed by atoms with Crippen LogP contribution in [0.25, 0.3) is 0 Å². The molecule has 1 atom stereocenters. The average molecular weight is 370 g/mol. The van der Waals surface area contributed by atoms with Crippen LogP contribution in [0.1, 0.15) is 54.9 Å². The van der Waals surface area contributed by atoms with Crippen molar-refractivity contribution in [2.24, 2.45) is 13.0 Å². The number of carbonyl (C=O) groups is 1. The molecule has 0 radical (unpaired) electrons. The van der Waals surface area contributed by atoms with Crippen molar-refractivity contribution >= 4 is 5.78 Å². The Morgan fingerprint density at radius 2 is 1.96 bits per heavy atom. The molecule has 1 aliphatic heterocycles. The molecule has 0 spiro atoms. The van der Waals surface area contributed by atoms with Gasteiger partial charge in [0.25, 0.3) is 0 Å². The number of likely N-dealkylation sites (tertiary alicyclic amines) is 1. The van der Waals surface area contributed by atoms with Crippen LogP contribution in [0, 0.1) is 5.92 Å². The minimum Gasteiger partial charge on any atom is -0.390 e. The van der Waals surface area contributed by atoms with E-state index in [2.05, 4.69) is 34.1 Å². The molecule has 2 heterocycles. The molecule has 1 aromatic heterocycles. The number of hydrogen-bond donors (Lipinski definition) is 1. The van der Waals surface area contributed by atoms with Crippen molar-refractivity contribution in [2.75, 3.05) is 13.1 Å². The van der Waals surface area contributed by atoms with E-state index < -0.39 is 5.60 Å². The Kier molecular flexibility index (Phi) is 6.12. The van der Waals surface area contributed by atoms with E-state index in [9.17, 15) is 9.90 Å². The van der Waals surface area contributed by atoms with Crippen molar-refractivity contribution in [3.8, 4) is 0 Å². The number of carbonyl (C=O) groups excluding carboxylic acids is 1. The molecule has 0 bridgehead atoms. The summed E-state index contributed by atoms with van der Waals surface area (Å²) in [5.41, 5.74) is 1.90. The number of aliphatic hydroxyl groups is 1. The molecular weight excluding hydrogens is 338 g/mol. The first-order valence-corrected chi connectivity index (χ1v) is 9.86. The molecule has 1 saturated heterocycles. The van der Waals surface area contributed by atoms with Crippen LogP contribution in [0.2, 0.25) is 0 Å². The average Bonchev–Trinajstić information content (AvgIpc) is 3.06. The molecule has 1 N–H and O–H groups in total. The first-order chi connectivity index (χ1) is 12.8. The molecule has 27 heavy (non-hydrogen) atoms. The van der Waals surface area contributed by atoms with Gasteiger partial charge in [0.1, 0.15) is 0 Å². The fourth-order valence-corrected chi connectivity index (χ4v) is 3.72. The Hall–Kier alpha value is -1.98. The van der Waals surface area contributed by atoms with Crippen LogP contribution in [0.4, 0.5) is 0 Å². The van der Waals surface area contributed by atoms with Crippen LogP contribution in [0.3, 0.4) is 0 Å². The van der Waals surface area contributed by atoms with Crippen LogP contribution in [0.15, 0.2) is 36.7 Å². The fourth-order valence-electron chi connectivity index (χ4n) is 3.72. The summed E-state index contributed by atoms with van der Waals surface area (Å²) >= 11 is 0. The maximum absolute atomic E-state index is 12.7. The third-order valence-corrected chi connectivity index (χ3v) is 5.37. The van der Waals surface area contributed by atoms with Gasteiger partial charge in [0.2, 0.25) is 5.78 Å². The summed E-state index contributed by atoms with van der Waals surface area (Å²) in [7, 11) is 1.88. The van der Waals surface area contributed by atoms with Gasteiger partial charge in [-0.2, -0.15) is 0 Å². The molecule has 1 fully saturated rings. The SMILES string of the molecule is Cn1ccnc1C(=O)[C@H]1CCCN(Cc2ccc(CCC(C)(C)O)cc2)C1. The van der Waals surface area contributed by atoms with Crippen LogP contribution in [-0.2, 0) is 20.0 Å². The summed E-state index contributed by atoms with van der Waals surface area (Å²) in [6.07, 6.45) is 7.15. The van der Waals surface area contributed by atoms with E-state index in [0.717, 1.165) is 45.3 Å². The van der Waals surface area contributed by atoms with Crippen LogP contribution in [0.5, 0.6) is 0 Å². The molecule has 5 heteroatoms.